The summed E-state index contributed by atoms with van der Waals surface area (Å²) in [6, 6.07) is 0. The van der Waals surface area contributed by atoms with Crippen LogP contribution in [0.5, 0.6) is 0 Å². The maximum Gasteiger partial charge on any atom is -0.00207 e. The lowest BCUT2D eigenvalue weighted by molar-refractivity contribution is 0.352. The van der Waals surface area contributed by atoms with Crippen molar-refractivity contribution in [2.75, 3.05) is 13.6 Å². The molecule has 2 aliphatic carbocycles. The second-order valence-electron chi connectivity index (χ2n) is 5.27. The average Bonchev–Trinajstić information content (AvgIpc) is 2.75. The smallest absolute Gasteiger partial charge is 0.00207 e. The third kappa shape index (κ3) is 1.90. The standard InChI is InChI=1S/C12H23N/c1-3-4-10-7-12(5-6-12)8-11(10)9-13-2/h10-11,13H,3-9H2,1-2H3. The monoisotopic (exact) mass is 181 g/mol. The van der Waals surface area contributed by atoms with Gasteiger partial charge in [-0.05, 0) is 56.5 Å². The summed E-state index contributed by atoms with van der Waals surface area (Å²) in [5.74, 6) is 2.03. The molecule has 0 aromatic heterocycles. The van der Waals surface area contributed by atoms with Gasteiger partial charge < -0.3 is 5.32 Å². The lowest BCUT2D eigenvalue weighted by atomic mass is 9.92. The van der Waals surface area contributed by atoms with Crippen molar-refractivity contribution in [1.29, 1.82) is 0 Å². The molecule has 1 nitrogen and oxygen atoms in total. The molecule has 2 fully saturated rings. The molecule has 0 heterocycles. The van der Waals surface area contributed by atoms with E-state index in [1.54, 1.807) is 6.42 Å². The molecule has 1 spiro atoms. The van der Waals surface area contributed by atoms with Crippen LogP contribution in [-0.2, 0) is 0 Å². The van der Waals surface area contributed by atoms with Gasteiger partial charge in [0.25, 0.3) is 0 Å². The molecule has 0 aliphatic heterocycles. The van der Waals surface area contributed by atoms with Gasteiger partial charge >= 0.3 is 0 Å². The topological polar surface area (TPSA) is 12.0 Å². The molecule has 2 unspecified atom stereocenters. The molecule has 76 valence electrons. The molecular formula is C12H23N. The molecule has 0 saturated heterocycles. The average molecular weight is 181 g/mol. The van der Waals surface area contributed by atoms with Gasteiger partial charge in [-0.1, -0.05) is 19.8 Å². The maximum atomic E-state index is 3.36. The van der Waals surface area contributed by atoms with Crippen LogP contribution in [0.1, 0.15) is 45.4 Å². The second-order valence-corrected chi connectivity index (χ2v) is 5.27. The number of nitrogens with one attached hydrogen (secondary N) is 1. The summed E-state index contributed by atoms with van der Waals surface area (Å²) in [5, 5.41) is 3.36. The minimum atomic E-state index is 0.849. The number of hydrogen-bond acceptors (Lipinski definition) is 1. The Kier molecular flexibility index (Phi) is 2.64. The van der Waals surface area contributed by atoms with E-state index < -0.39 is 0 Å². The fraction of sp³-hybridized carbons (Fsp3) is 1.00. The van der Waals surface area contributed by atoms with E-state index >= 15 is 0 Å². The predicted molar refractivity (Wildman–Crippen MR) is 56.7 cm³/mol. The molecule has 2 saturated carbocycles. The molecule has 1 N–H and O–H groups in total. The lowest BCUT2D eigenvalue weighted by Crippen LogP contribution is -2.21. The summed E-state index contributed by atoms with van der Waals surface area (Å²) in [6.45, 7) is 3.58. The van der Waals surface area contributed by atoms with Crippen LogP contribution in [0.3, 0.4) is 0 Å². The second kappa shape index (κ2) is 3.61. The Morgan fingerprint density at radius 2 is 1.92 bits per heavy atom. The molecule has 0 aromatic carbocycles. The lowest BCUT2D eigenvalue weighted by Gasteiger charge is -2.17. The van der Waals surface area contributed by atoms with E-state index in [2.05, 4.69) is 19.3 Å². The largest absolute Gasteiger partial charge is 0.319 e. The molecule has 13 heavy (non-hydrogen) atoms. The quantitative estimate of drug-likeness (QED) is 0.703. The van der Waals surface area contributed by atoms with Gasteiger partial charge in [0.2, 0.25) is 0 Å². The first-order valence-electron chi connectivity index (χ1n) is 5.94. The highest BCUT2D eigenvalue weighted by molar-refractivity contribution is 5.02. The fourth-order valence-corrected chi connectivity index (χ4v) is 3.32. The van der Waals surface area contributed by atoms with Crippen LogP contribution in [0.25, 0.3) is 0 Å². The Labute approximate surface area is 82.3 Å². The van der Waals surface area contributed by atoms with Crippen molar-refractivity contribution in [2.24, 2.45) is 17.3 Å². The van der Waals surface area contributed by atoms with Gasteiger partial charge in [-0.2, -0.15) is 0 Å². The van der Waals surface area contributed by atoms with E-state index in [4.69, 9.17) is 0 Å². The first-order valence-corrected chi connectivity index (χ1v) is 5.94. The minimum Gasteiger partial charge on any atom is -0.319 e. The van der Waals surface area contributed by atoms with E-state index in [1.165, 1.54) is 38.6 Å². The Hall–Kier alpha value is -0.0400. The Bertz CT molecular complexity index is 156. The highest BCUT2D eigenvalue weighted by atomic mass is 14.8. The SMILES string of the molecule is CCCC1CC2(CC2)CC1CNC. The van der Waals surface area contributed by atoms with Crippen LogP contribution in [0.4, 0.5) is 0 Å². The maximum absolute atomic E-state index is 3.36. The summed E-state index contributed by atoms with van der Waals surface area (Å²) in [4.78, 5) is 0. The van der Waals surface area contributed by atoms with Crippen LogP contribution in [0.2, 0.25) is 0 Å². The van der Waals surface area contributed by atoms with Crippen molar-refractivity contribution < 1.29 is 0 Å². The summed E-state index contributed by atoms with van der Waals surface area (Å²) < 4.78 is 0. The highest BCUT2D eigenvalue weighted by Gasteiger charge is 2.51. The van der Waals surface area contributed by atoms with E-state index in [0.29, 0.717) is 0 Å². The molecule has 2 aliphatic rings. The van der Waals surface area contributed by atoms with Crippen molar-refractivity contribution in [1.82, 2.24) is 5.32 Å². The van der Waals surface area contributed by atoms with Gasteiger partial charge in [-0.25, -0.2) is 0 Å². The zero-order valence-electron chi connectivity index (χ0n) is 9.10. The van der Waals surface area contributed by atoms with Crippen LogP contribution >= 0.6 is 0 Å². The number of rotatable bonds is 4. The molecule has 1 heteroatoms. The normalized spacial score (nSPS) is 35.5. The van der Waals surface area contributed by atoms with Crippen molar-refractivity contribution >= 4 is 0 Å². The zero-order valence-corrected chi connectivity index (χ0v) is 9.10. The Balaban J connectivity index is 1.90. The molecule has 2 atom stereocenters. The van der Waals surface area contributed by atoms with Crippen molar-refractivity contribution in [3.05, 3.63) is 0 Å². The third-order valence-electron chi connectivity index (χ3n) is 4.14. The van der Waals surface area contributed by atoms with E-state index in [-0.39, 0.29) is 0 Å². The highest BCUT2D eigenvalue weighted by Crippen LogP contribution is 2.62. The van der Waals surface area contributed by atoms with Crippen LogP contribution in [0, 0.1) is 17.3 Å². The summed E-state index contributed by atoms with van der Waals surface area (Å²) >= 11 is 0. The van der Waals surface area contributed by atoms with Crippen LogP contribution < -0.4 is 5.32 Å². The van der Waals surface area contributed by atoms with Crippen LogP contribution in [-0.4, -0.2) is 13.6 Å². The van der Waals surface area contributed by atoms with Gasteiger partial charge in [-0.15, -0.1) is 0 Å². The molecular weight excluding hydrogens is 158 g/mol. The molecule has 0 aromatic rings. The van der Waals surface area contributed by atoms with E-state index in [0.717, 1.165) is 17.3 Å². The molecule has 0 amide bonds. The van der Waals surface area contributed by atoms with E-state index in [9.17, 15) is 0 Å². The van der Waals surface area contributed by atoms with Gasteiger partial charge in [0, 0.05) is 0 Å². The van der Waals surface area contributed by atoms with Crippen LogP contribution in [0.15, 0.2) is 0 Å². The minimum absolute atomic E-state index is 0.849. The summed E-state index contributed by atoms with van der Waals surface area (Å²) in [5.41, 5.74) is 0.849. The van der Waals surface area contributed by atoms with Crippen molar-refractivity contribution in [2.45, 2.75) is 45.4 Å². The Morgan fingerprint density at radius 1 is 1.23 bits per heavy atom. The molecule has 2 rings (SSSR count). The zero-order chi connectivity index (χ0) is 9.31. The predicted octanol–water partition coefficient (Wildman–Crippen LogP) is 2.81. The Morgan fingerprint density at radius 3 is 2.46 bits per heavy atom. The summed E-state index contributed by atoms with van der Waals surface area (Å²) in [7, 11) is 2.10. The first-order chi connectivity index (χ1) is 6.29. The van der Waals surface area contributed by atoms with Crippen molar-refractivity contribution in [3.8, 4) is 0 Å². The first kappa shape index (κ1) is 9.51. The third-order valence-corrected chi connectivity index (χ3v) is 4.14. The van der Waals surface area contributed by atoms with Gasteiger partial charge in [0.1, 0.15) is 0 Å². The van der Waals surface area contributed by atoms with Gasteiger partial charge in [0.05, 0.1) is 0 Å². The van der Waals surface area contributed by atoms with Gasteiger partial charge in [-0.3, -0.25) is 0 Å². The fourth-order valence-electron chi connectivity index (χ4n) is 3.32. The van der Waals surface area contributed by atoms with Crippen molar-refractivity contribution in [3.63, 3.8) is 0 Å². The van der Waals surface area contributed by atoms with E-state index in [1.807, 2.05) is 0 Å². The molecule has 0 bridgehead atoms. The number of hydrogen-bond donors (Lipinski definition) is 1. The summed E-state index contributed by atoms with van der Waals surface area (Å²) in [6.07, 6.45) is 8.99. The van der Waals surface area contributed by atoms with Gasteiger partial charge in [0.15, 0.2) is 0 Å². The molecule has 0 radical (unpaired) electrons.